The summed E-state index contributed by atoms with van der Waals surface area (Å²) in [6.45, 7) is 0. The zero-order valence-corrected chi connectivity index (χ0v) is 11.4. The molecule has 0 aliphatic rings. The Morgan fingerprint density at radius 3 is 2.35 bits per heavy atom. The van der Waals surface area contributed by atoms with Crippen molar-refractivity contribution in [1.29, 1.82) is 0 Å². The molecular formula is C13H12F2N2O2S. The molecule has 20 heavy (non-hydrogen) atoms. The Morgan fingerprint density at radius 1 is 1.10 bits per heavy atom. The molecule has 2 rings (SSSR count). The molecule has 0 saturated heterocycles. The van der Waals surface area contributed by atoms with E-state index in [0.717, 1.165) is 28.6 Å². The van der Waals surface area contributed by atoms with Gasteiger partial charge in [-0.1, -0.05) is 12.1 Å². The second kappa shape index (κ2) is 5.09. The van der Waals surface area contributed by atoms with Crippen LogP contribution in [-0.2, 0) is 10.0 Å². The van der Waals surface area contributed by atoms with Crippen LogP contribution in [0.3, 0.4) is 0 Å². The number of anilines is 2. The van der Waals surface area contributed by atoms with Crippen LogP contribution in [0, 0.1) is 11.6 Å². The Hall–Kier alpha value is -2.15. The highest BCUT2D eigenvalue weighted by Crippen LogP contribution is 2.25. The molecule has 0 heterocycles. The van der Waals surface area contributed by atoms with Crippen molar-refractivity contribution < 1.29 is 17.2 Å². The summed E-state index contributed by atoms with van der Waals surface area (Å²) in [6, 6.07) is 8.36. The topological polar surface area (TPSA) is 63.4 Å². The number of hydrogen-bond donors (Lipinski definition) is 1. The second-order valence-corrected chi connectivity index (χ2v) is 6.11. The number of nitrogen functional groups attached to an aromatic ring is 1. The van der Waals surface area contributed by atoms with Crippen molar-refractivity contribution in [1.82, 2.24) is 0 Å². The van der Waals surface area contributed by atoms with Crippen LogP contribution in [-0.4, -0.2) is 15.5 Å². The number of sulfonamides is 1. The van der Waals surface area contributed by atoms with E-state index in [-0.39, 0.29) is 16.3 Å². The van der Waals surface area contributed by atoms with Crippen LogP contribution in [0.25, 0.3) is 0 Å². The normalized spacial score (nSPS) is 11.3. The van der Waals surface area contributed by atoms with E-state index in [1.54, 1.807) is 0 Å². The molecule has 4 nitrogen and oxygen atoms in total. The third kappa shape index (κ3) is 2.57. The Bertz CT molecular complexity index is 728. The highest BCUT2D eigenvalue weighted by molar-refractivity contribution is 7.92. The highest BCUT2D eigenvalue weighted by atomic mass is 32.2. The molecule has 0 fully saturated rings. The van der Waals surface area contributed by atoms with Crippen molar-refractivity contribution in [2.75, 3.05) is 17.1 Å². The van der Waals surface area contributed by atoms with E-state index in [9.17, 15) is 17.2 Å². The van der Waals surface area contributed by atoms with Gasteiger partial charge in [-0.05, 0) is 30.3 Å². The summed E-state index contributed by atoms with van der Waals surface area (Å²) in [5, 5.41) is 0. The van der Waals surface area contributed by atoms with E-state index in [0.29, 0.717) is 0 Å². The van der Waals surface area contributed by atoms with Crippen LogP contribution < -0.4 is 10.0 Å². The molecule has 2 N–H and O–H groups in total. The Labute approximate surface area is 115 Å². The van der Waals surface area contributed by atoms with Crippen LogP contribution >= 0.6 is 0 Å². The van der Waals surface area contributed by atoms with Crippen molar-refractivity contribution in [2.45, 2.75) is 4.90 Å². The van der Waals surface area contributed by atoms with Gasteiger partial charge in [0.1, 0.15) is 11.6 Å². The fourth-order valence-electron chi connectivity index (χ4n) is 1.73. The Kier molecular flexibility index (Phi) is 3.63. The van der Waals surface area contributed by atoms with Crippen molar-refractivity contribution in [3.63, 3.8) is 0 Å². The maximum Gasteiger partial charge on any atom is 0.264 e. The smallest absolute Gasteiger partial charge is 0.264 e. The molecule has 106 valence electrons. The van der Waals surface area contributed by atoms with Crippen molar-refractivity contribution in [2.24, 2.45) is 0 Å². The van der Waals surface area contributed by atoms with E-state index in [4.69, 9.17) is 5.73 Å². The monoisotopic (exact) mass is 298 g/mol. The van der Waals surface area contributed by atoms with Gasteiger partial charge in [0.2, 0.25) is 0 Å². The van der Waals surface area contributed by atoms with Gasteiger partial charge < -0.3 is 5.73 Å². The number of rotatable bonds is 3. The maximum atomic E-state index is 13.6. The lowest BCUT2D eigenvalue weighted by Gasteiger charge is -2.20. The van der Waals surface area contributed by atoms with Gasteiger partial charge >= 0.3 is 0 Å². The molecule has 2 aromatic rings. The van der Waals surface area contributed by atoms with Crippen LogP contribution in [0.2, 0.25) is 0 Å². The Balaban J connectivity index is 2.52. The molecule has 0 aromatic heterocycles. The minimum atomic E-state index is -4.09. The highest BCUT2D eigenvalue weighted by Gasteiger charge is 2.24. The number of nitrogens with zero attached hydrogens (tertiary/aromatic N) is 1. The van der Waals surface area contributed by atoms with Gasteiger partial charge in [0.15, 0.2) is 0 Å². The van der Waals surface area contributed by atoms with Gasteiger partial charge in [-0.2, -0.15) is 0 Å². The van der Waals surface area contributed by atoms with Gasteiger partial charge in [0, 0.05) is 12.7 Å². The SMILES string of the molecule is CN(c1ccccc1F)S(=O)(=O)c1cc(N)cc(F)c1. The van der Waals surface area contributed by atoms with Crippen LogP contribution in [0.5, 0.6) is 0 Å². The second-order valence-electron chi connectivity index (χ2n) is 4.14. The van der Waals surface area contributed by atoms with Crippen molar-refractivity contribution in [3.05, 3.63) is 54.1 Å². The fourth-order valence-corrected chi connectivity index (χ4v) is 3.00. The Morgan fingerprint density at radius 2 is 1.75 bits per heavy atom. The zero-order valence-electron chi connectivity index (χ0n) is 10.5. The van der Waals surface area contributed by atoms with Gasteiger partial charge in [-0.15, -0.1) is 0 Å². The van der Waals surface area contributed by atoms with E-state index in [2.05, 4.69) is 0 Å². The lowest BCUT2D eigenvalue weighted by Crippen LogP contribution is -2.27. The van der Waals surface area contributed by atoms with Gasteiger partial charge in [0.05, 0.1) is 10.6 Å². The van der Waals surface area contributed by atoms with E-state index >= 15 is 0 Å². The lowest BCUT2D eigenvalue weighted by molar-refractivity contribution is 0.586. The summed E-state index contributed by atoms with van der Waals surface area (Å²) in [5.41, 5.74) is 5.28. The first-order valence-corrected chi connectivity index (χ1v) is 7.06. The van der Waals surface area contributed by atoms with Crippen LogP contribution in [0.4, 0.5) is 20.2 Å². The molecule has 0 saturated carbocycles. The molecule has 0 radical (unpaired) electrons. The van der Waals surface area contributed by atoms with Crippen LogP contribution in [0.15, 0.2) is 47.4 Å². The number of para-hydroxylation sites is 1. The van der Waals surface area contributed by atoms with E-state index in [1.807, 2.05) is 0 Å². The molecule has 7 heteroatoms. The zero-order chi connectivity index (χ0) is 14.9. The quantitative estimate of drug-likeness (QED) is 0.885. The third-order valence-corrected chi connectivity index (χ3v) is 4.49. The summed E-state index contributed by atoms with van der Waals surface area (Å²) in [4.78, 5) is -0.333. The fraction of sp³-hybridized carbons (Fsp3) is 0.0769. The molecule has 0 aliphatic heterocycles. The lowest BCUT2D eigenvalue weighted by atomic mass is 10.3. The summed E-state index contributed by atoms with van der Waals surface area (Å²) in [7, 11) is -2.90. The largest absolute Gasteiger partial charge is 0.399 e. The maximum absolute atomic E-state index is 13.6. The van der Waals surface area contributed by atoms with Gasteiger partial charge in [-0.25, -0.2) is 17.2 Å². The summed E-state index contributed by atoms with van der Waals surface area (Å²) in [5.74, 6) is -1.46. The molecule has 2 aromatic carbocycles. The van der Waals surface area contributed by atoms with E-state index in [1.165, 1.54) is 25.2 Å². The van der Waals surface area contributed by atoms with Crippen LogP contribution in [0.1, 0.15) is 0 Å². The average molecular weight is 298 g/mol. The minimum Gasteiger partial charge on any atom is -0.399 e. The first-order chi connectivity index (χ1) is 9.32. The third-order valence-electron chi connectivity index (χ3n) is 2.74. The summed E-state index contributed by atoms with van der Waals surface area (Å²) >= 11 is 0. The molecule has 0 aliphatic carbocycles. The predicted octanol–water partition coefficient (Wildman–Crippen LogP) is 2.37. The number of benzene rings is 2. The predicted molar refractivity (Wildman–Crippen MR) is 72.8 cm³/mol. The molecule has 0 unspecified atom stereocenters. The van der Waals surface area contributed by atoms with Gasteiger partial charge in [0.25, 0.3) is 10.0 Å². The van der Waals surface area contributed by atoms with Crippen molar-refractivity contribution in [3.8, 4) is 0 Å². The molecule has 0 atom stereocenters. The number of halogens is 2. The number of hydrogen-bond acceptors (Lipinski definition) is 3. The number of nitrogens with two attached hydrogens (primary N) is 1. The average Bonchev–Trinajstić information content (AvgIpc) is 2.37. The summed E-state index contributed by atoms with van der Waals surface area (Å²) in [6.07, 6.45) is 0. The minimum absolute atomic E-state index is 0.0227. The first kappa shape index (κ1) is 14.3. The molecule has 0 bridgehead atoms. The van der Waals surface area contributed by atoms with Gasteiger partial charge in [-0.3, -0.25) is 4.31 Å². The van der Waals surface area contributed by atoms with Crippen molar-refractivity contribution >= 4 is 21.4 Å². The molecular weight excluding hydrogens is 286 g/mol. The summed E-state index contributed by atoms with van der Waals surface area (Å²) < 4.78 is 52.3. The molecule has 0 spiro atoms. The standard InChI is InChI=1S/C13H12F2N2O2S/c1-17(13-5-3-2-4-12(13)15)20(18,19)11-7-9(14)6-10(16)8-11/h2-8H,16H2,1H3. The molecule has 0 amide bonds. The first-order valence-electron chi connectivity index (χ1n) is 5.62. The van der Waals surface area contributed by atoms with E-state index < -0.39 is 21.7 Å².